The molecule has 0 bridgehead atoms. The van der Waals surface area contributed by atoms with Gasteiger partial charge in [-0.25, -0.2) is 4.79 Å². The molecular formula is C14H10N2O3S. The van der Waals surface area contributed by atoms with Crippen molar-refractivity contribution in [1.82, 2.24) is 0 Å². The Morgan fingerprint density at radius 2 is 2.30 bits per heavy atom. The first-order valence-electron chi connectivity index (χ1n) is 5.87. The number of hydrogen-bond acceptors (Lipinski definition) is 6. The smallest absolute Gasteiger partial charge is 0.343 e. The van der Waals surface area contributed by atoms with E-state index >= 15 is 0 Å². The van der Waals surface area contributed by atoms with Crippen molar-refractivity contribution in [2.45, 2.75) is 12.8 Å². The molecule has 0 spiro atoms. The third kappa shape index (κ3) is 1.80. The van der Waals surface area contributed by atoms with Gasteiger partial charge in [0.1, 0.15) is 23.2 Å². The number of fused-ring (bicyclic) bond motifs is 1. The second-order valence-electron chi connectivity index (χ2n) is 4.36. The zero-order valence-electron chi connectivity index (χ0n) is 10.5. The van der Waals surface area contributed by atoms with E-state index in [2.05, 4.69) is 0 Å². The van der Waals surface area contributed by atoms with Gasteiger partial charge in [-0.15, -0.1) is 11.3 Å². The third-order valence-corrected chi connectivity index (χ3v) is 4.02. The molecule has 20 heavy (non-hydrogen) atoms. The molecule has 2 aromatic heterocycles. The van der Waals surface area contributed by atoms with Crippen LogP contribution >= 0.6 is 11.3 Å². The van der Waals surface area contributed by atoms with Crippen molar-refractivity contribution in [1.29, 1.82) is 5.26 Å². The summed E-state index contributed by atoms with van der Waals surface area (Å²) in [5, 5.41) is 11.2. The second-order valence-corrected chi connectivity index (χ2v) is 5.34. The Morgan fingerprint density at radius 3 is 2.95 bits per heavy atom. The van der Waals surface area contributed by atoms with Crippen LogP contribution in [0.2, 0.25) is 0 Å². The van der Waals surface area contributed by atoms with E-state index in [0.29, 0.717) is 17.1 Å². The van der Waals surface area contributed by atoms with Gasteiger partial charge >= 0.3 is 5.63 Å². The Bertz CT molecular complexity index is 797. The van der Waals surface area contributed by atoms with Crippen LogP contribution in [-0.4, -0.2) is 0 Å². The lowest BCUT2D eigenvalue weighted by molar-refractivity contribution is 0.372. The van der Waals surface area contributed by atoms with E-state index in [0.717, 1.165) is 4.88 Å². The summed E-state index contributed by atoms with van der Waals surface area (Å²) in [6, 6.07) is 7.35. The second kappa shape index (κ2) is 4.54. The fraction of sp³-hybridized carbons (Fsp3) is 0.143. The zero-order valence-corrected chi connectivity index (χ0v) is 11.4. The number of allylic oxidation sites excluding steroid dienone is 1. The summed E-state index contributed by atoms with van der Waals surface area (Å²) in [4.78, 5) is 13.0. The number of nitriles is 1. The largest absolute Gasteiger partial charge is 0.440 e. The lowest BCUT2D eigenvalue weighted by atomic mass is 9.89. The SMILES string of the molecule is Cc1cc2c(c(=O)o1)[C@@H](c1cccs1)C(C#N)=C(N)O2. The van der Waals surface area contributed by atoms with Crippen LogP contribution < -0.4 is 16.1 Å². The van der Waals surface area contributed by atoms with E-state index in [1.54, 1.807) is 13.0 Å². The quantitative estimate of drug-likeness (QED) is 0.868. The highest BCUT2D eigenvalue weighted by Gasteiger charge is 2.34. The number of rotatable bonds is 1. The van der Waals surface area contributed by atoms with Crippen LogP contribution in [0.3, 0.4) is 0 Å². The van der Waals surface area contributed by atoms with Crippen molar-refractivity contribution in [2.24, 2.45) is 5.73 Å². The standard InChI is InChI=1S/C14H10N2O3S/c1-7-5-9-12(14(17)18-7)11(10-3-2-4-20-10)8(6-15)13(16)19-9/h2-5,11H,16H2,1H3/t11-/m1/s1. The lowest BCUT2D eigenvalue weighted by Crippen LogP contribution is -2.25. The van der Waals surface area contributed by atoms with Gasteiger partial charge in [0.2, 0.25) is 5.88 Å². The van der Waals surface area contributed by atoms with Gasteiger partial charge < -0.3 is 14.9 Å². The molecule has 6 heteroatoms. The lowest BCUT2D eigenvalue weighted by Gasteiger charge is -2.24. The van der Waals surface area contributed by atoms with Crippen LogP contribution in [0.5, 0.6) is 5.75 Å². The number of nitrogens with zero attached hydrogens (tertiary/aromatic N) is 1. The minimum absolute atomic E-state index is 0.0309. The fourth-order valence-corrected chi connectivity index (χ4v) is 3.10. The molecule has 0 fully saturated rings. The van der Waals surface area contributed by atoms with E-state index in [9.17, 15) is 10.1 Å². The summed E-state index contributed by atoms with van der Waals surface area (Å²) in [5.74, 6) is 0.296. The average molecular weight is 286 g/mol. The molecule has 2 aromatic rings. The molecule has 100 valence electrons. The van der Waals surface area contributed by atoms with Gasteiger partial charge in [-0.05, 0) is 18.4 Å². The molecule has 1 aliphatic heterocycles. The number of thiophene rings is 1. The summed E-state index contributed by atoms with van der Waals surface area (Å²) in [6.07, 6.45) is 0. The van der Waals surface area contributed by atoms with Crippen molar-refractivity contribution in [3.05, 3.63) is 61.7 Å². The molecule has 1 atom stereocenters. The van der Waals surface area contributed by atoms with Gasteiger partial charge in [0.25, 0.3) is 0 Å². The Balaban J connectivity index is 2.32. The van der Waals surface area contributed by atoms with Gasteiger partial charge in [0.05, 0.1) is 11.5 Å². The van der Waals surface area contributed by atoms with Crippen LogP contribution in [-0.2, 0) is 0 Å². The third-order valence-electron chi connectivity index (χ3n) is 3.08. The number of ether oxygens (including phenoxy) is 1. The molecule has 0 saturated carbocycles. The van der Waals surface area contributed by atoms with Crippen LogP contribution in [0.1, 0.15) is 22.1 Å². The highest BCUT2D eigenvalue weighted by Crippen LogP contribution is 2.41. The molecule has 1 aliphatic rings. The Labute approximate surface area is 118 Å². The first kappa shape index (κ1) is 12.5. The van der Waals surface area contributed by atoms with Crippen LogP contribution in [0, 0.1) is 18.3 Å². The first-order chi connectivity index (χ1) is 9.61. The Hall–Kier alpha value is -2.52. The average Bonchev–Trinajstić information content (AvgIpc) is 2.90. The Kier molecular flexibility index (Phi) is 2.84. The Morgan fingerprint density at radius 1 is 1.50 bits per heavy atom. The molecule has 3 rings (SSSR count). The molecule has 0 amide bonds. The summed E-state index contributed by atoms with van der Waals surface area (Å²) in [7, 11) is 0. The predicted molar refractivity (Wildman–Crippen MR) is 73.3 cm³/mol. The highest BCUT2D eigenvalue weighted by molar-refractivity contribution is 7.10. The van der Waals surface area contributed by atoms with Gasteiger partial charge in [-0.1, -0.05) is 6.07 Å². The van der Waals surface area contributed by atoms with Gasteiger partial charge in [-0.2, -0.15) is 5.26 Å². The summed E-state index contributed by atoms with van der Waals surface area (Å²) in [5.41, 5.74) is 5.86. The van der Waals surface area contributed by atoms with Crippen LogP contribution in [0.4, 0.5) is 0 Å². The molecule has 2 N–H and O–H groups in total. The van der Waals surface area contributed by atoms with Crippen molar-refractivity contribution < 1.29 is 9.15 Å². The summed E-state index contributed by atoms with van der Waals surface area (Å²) >= 11 is 1.45. The topological polar surface area (TPSA) is 89.2 Å². The zero-order chi connectivity index (χ0) is 14.3. The molecular weight excluding hydrogens is 276 g/mol. The molecule has 5 nitrogen and oxygen atoms in total. The van der Waals surface area contributed by atoms with E-state index in [-0.39, 0.29) is 11.5 Å². The van der Waals surface area contributed by atoms with Crippen LogP contribution in [0.25, 0.3) is 0 Å². The van der Waals surface area contributed by atoms with Crippen molar-refractivity contribution >= 4 is 11.3 Å². The minimum Gasteiger partial charge on any atom is -0.440 e. The molecule has 0 radical (unpaired) electrons. The molecule has 3 heterocycles. The minimum atomic E-state index is -0.527. The molecule has 0 aromatic carbocycles. The predicted octanol–water partition coefficient (Wildman–Crippen LogP) is 2.23. The molecule has 0 saturated heterocycles. The maximum absolute atomic E-state index is 12.1. The van der Waals surface area contributed by atoms with Crippen molar-refractivity contribution in [2.75, 3.05) is 0 Å². The summed E-state index contributed by atoms with van der Waals surface area (Å²) in [6.45, 7) is 1.66. The van der Waals surface area contributed by atoms with Gasteiger partial charge in [0, 0.05) is 10.9 Å². The molecule has 0 aliphatic carbocycles. The van der Waals surface area contributed by atoms with Crippen LogP contribution in [0.15, 0.2) is 44.2 Å². The van der Waals surface area contributed by atoms with E-state index < -0.39 is 11.5 Å². The number of aryl methyl sites for hydroxylation is 1. The van der Waals surface area contributed by atoms with Gasteiger partial charge in [0.15, 0.2) is 0 Å². The summed E-state index contributed by atoms with van der Waals surface area (Å²) < 4.78 is 10.5. The highest BCUT2D eigenvalue weighted by atomic mass is 32.1. The van der Waals surface area contributed by atoms with E-state index in [1.807, 2.05) is 23.6 Å². The molecule has 0 unspecified atom stereocenters. The van der Waals surface area contributed by atoms with Crippen molar-refractivity contribution in [3.8, 4) is 11.8 Å². The normalized spacial score (nSPS) is 17.3. The monoisotopic (exact) mass is 286 g/mol. The number of nitrogens with two attached hydrogens (primary N) is 1. The van der Waals surface area contributed by atoms with E-state index in [4.69, 9.17) is 14.9 Å². The first-order valence-corrected chi connectivity index (χ1v) is 6.75. The maximum Gasteiger partial charge on any atom is 0.343 e. The van der Waals surface area contributed by atoms with Crippen molar-refractivity contribution in [3.63, 3.8) is 0 Å². The maximum atomic E-state index is 12.1. The van der Waals surface area contributed by atoms with Gasteiger partial charge in [-0.3, -0.25) is 0 Å². The van der Waals surface area contributed by atoms with E-state index in [1.165, 1.54) is 11.3 Å². The number of hydrogen-bond donors (Lipinski definition) is 1. The fourth-order valence-electron chi connectivity index (χ4n) is 2.26.